The first-order valence-corrected chi connectivity index (χ1v) is 6.64. The molecule has 0 amide bonds. The minimum Gasteiger partial charge on any atom is -0.475 e. The van der Waals surface area contributed by atoms with E-state index in [1.807, 2.05) is 0 Å². The Labute approximate surface area is 102 Å². The SMILES string of the molecule is CC1(C)Oc2c(CCCCN)cccc2S1. The fourth-order valence-corrected chi connectivity index (χ4v) is 3.01. The molecule has 1 heterocycles. The molecule has 0 unspecified atom stereocenters. The molecule has 0 saturated carbocycles. The predicted octanol–water partition coefficient (Wildman–Crippen LogP) is 3.19. The third kappa shape index (κ3) is 2.53. The highest BCUT2D eigenvalue weighted by Crippen LogP contribution is 2.48. The van der Waals surface area contributed by atoms with Crippen LogP contribution in [0.15, 0.2) is 23.1 Å². The van der Waals surface area contributed by atoms with E-state index in [2.05, 4.69) is 32.0 Å². The van der Waals surface area contributed by atoms with Crippen molar-refractivity contribution in [1.82, 2.24) is 0 Å². The van der Waals surface area contributed by atoms with Crippen molar-refractivity contribution in [3.05, 3.63) is 23.8 Å². The summed E-state index contributed by atoms with van der Waals surface area (Å²) in [5.41, 5.74) is 6.84. The lowest BCUT2D eigenvalue weighted by atomic mass is 10.1. The van der Waals surface area contributed by atoms with Crippen molar-refractivity contribution in [3.63, 3.8) is 0 Å². The van der Waals surface area contributed by atoms with Gasteiger partial charge in [-0.15, -0.1) is 0 Å². The minimum absolute atomic E-state index is 0.119. The quantitative estimate of drug-likeness (QED) is 0.817. The highest BCUT2D eigenvalue weighted by atomic mass is 32.2. The molecule has 1 aromatic rings. The topological polar surface area (TPSA) is 35.2 Å². The van der Waals surface area contributed by atoms with Crippen molar-refractivity contribution in [1.29, 1.82) is 0 Å². The summed E-state index contributed by atoms with van der Waals surface area (Å²) in [6, 6.07) is 6.42. The number of hydrogen-bond acceptors (Lipinski definition) is 3. The molecule has 0 radical (unpaired) electrons. The molecule has 3 heteroatoms. The van der Waals surface area contributed by atoms with Crippen molar-refractivity contribution in [3.8, 4) is 5.75 Å². The minimum atomic E-state index is -0.119. The van der Waals surface area contributed by atoms with Crippen molar-refractivity contribution in [2.75, 3.05) is 6.54 Å². The van der Waals surface area contributed by atoms with Crippen LogP contribution in [0, 0.1) is 0 Å². The average Bonchev–Trinajstić information content (AvgIpc) is 2.53. The Hall–Kier alpha value is -0.670. The zero-order chi connectivity index (χ0) is 11.6. The zero-order valence-corrected chi connectivity index (χ0v) is 10.8. The number of para-hydroxylation sites is 1. The van der Waals surface area contributed by atoms with E-state index in [4.69, 9.17) is 10.5 Å². The summed E-state index contributed by atoms with van der Waals surface area (Å²) in [7, 11) is 0. The van der Waals surface area contributed by atoms with Crippen LogP contribution in [0.1, 0.15) is 32.3 Å². The zero-order valence-electron chi connectivity index (χ0n) is 9.95. The van der Waals surface area contributed by atoms with E-state index in [1.165, 1.54) is 10.5 Å². The molecule has 2 rings (SSSR count). The summed E-state index contributed by atoms with van der Waals surface area (Å²) in [5, 5.41) is 0. The highest BCUT2D eigenvalue weighted by Gasteiger charge is 2.32. The molecule has 0 bridgehead atoms. The van der Waals surface area contributed by atoms with Crippen LogP contribution in [-0.4, -0.2) is 11.5 Å². The molecule has 1 aliphatic rings. The number of thioether (sulfide) groups is 1. The Kier molecular flexibility index (Phi) is 3.45. The number of fused-ring (bicyclic) bond motifs is 1. The Morgan fingerprint density at radius 3 is 2.88 bits per heavy atom. The van der Waals surface area contributed by atoms with Crippen LogP contribution in [0.25, 0.3) is 0 Å². The van der Waals surface area contributed by atoms with Gasteiger partial charge in [0.1, 0.15) is 5.75 Å². The summed E-state index contributed by atoms with van der Waals surface area (Å²) in [6.07, 6.45) is 3.29. The lowest BCUT2D eigenvalue weighted by Gasteiger charge is -2.16. The molecule has 0 spiro atoms. The summed E-state index contributed by atoms with van der Waals surface area (Å²) in [5.74, 6) is 1.09. The number of benzene rings is 1. The van der Waals surface area contributed by atoms with Crippen LogP contribution in [0.5, 0.6) is 5.75 Å². The molecular formula is C13H19NOS. The molecule has 0 aromatic heterocycles. The number of rotatable bonds is 4. The van der Waals surface area contributed by atoms with Gasteiger partial charge in [0.2, 0.25) is 0 Å². The van der Waals surface area contributed by atoms with Crippen LogP contribution in [0.4, 0.5) is 0 Å². The molecule has 0 fully saturated rings. The molecule has 0 aliphatic carbocycles. The maximum Gasteiger partial charge on any atom is 0.153 e. The predicted molar refractivity (Wildman–Crippen MR) is 69.0 cm³/mol. The lowest BCUT2D eigenvalue weighted by molar-refractivity contribution is 0.212. The molecule has 1 aromatic carbocycles. The molecule has 0 atom stereocenters. The normalized spacial score (nSPS) is 16.9. The second kappa shape index (κ2) is 4.68. The van der Waals surface area contributed by atoms with E-state index >= 15 is 0 Å². The van der Waals surface area contributed by atoms with Gasteiger partial charge < -0.3 is 10.5 Å². The van der Waals surface area contributed by atoms with E-state index in [0.717, 1.165) is 31.6 Å². The second-order valence-corrected chi connectivity index (χ2v) is 6.22. The fraction of sp³-hybridized carbons (Fsp3) is 0.538. The Morgan fingerprint density at radius 1 is 1.31 bits per heavy atom. The van der Waals surface area contributed by atoms with Gasteiger partial charge in [0.15, 0.2) is 4.93 Å². The molecule has 2 N–H and O–H groups in total. The average molecular weight is 237 g/mol. The van der Waals surface area contributed by atoms with Crippen LogP contribution in [-0.2, 0) is 6.42 Å². The van der Waals surface area contributed by atoms with Crippen molar-refractivity contribution >= 4 is 11.8 Å². The standard InChI is InChI=1S/C13H19NOS/c1-13(2)15-12-10(6-3-4-9-14)7-5-8-11(12)16-13/h5,7-8H,3-4,6,9,14H2,1-2H3. The van der Waals surface area contributed by atoms with Gasteiger partial charge in [-0.05, 0) is 51.3 Å². The first kappa shape index (κ1) is 11.8. The van der Waals surface area contributed by atoms with E-state index in [0.29, 0.717) is 0 Å². The summed E-state index contributed by atoms with van der Waals surface area (Å²) in [4.78, 5) is 1.15. The Morgan fingerprint density at radius 2 is 2.12 bits per heavy atom. The van der Waals surface area contributed by atoms with Gasteiger partial charge >= 0.3 is 0 Å². The summed E-state index contributed by atoms with van der Waals surface area (Å²) in [6.45, 7) is 5.00. The van der Waals surface area contributed by atoms with Gasteiger partial charge in [-0.3, -0.25) is 0 Å². The summed E-state index contributed by atoms with van der Waals surface area (Å²) >= 11 is 1.80. The smallest absolute Gasteiger partial charge is 0.153 e. The van der Waals surface area contributed by atoms with Crippen LogP contribution in [0.2, 0.25) is 0 Å². The number of unbranched alkanes of at least 4 members (excludes halogenated alkanes) is 1. The van der Waals surface area contributed by atoms with Crippen molar-refractivity contribution in [2.45, 2.75) is 42.9 Å². The van der Waals surface area contributed by atoms with Gasteiger partial charge in [0.05, 0.1) is 4.90 Å². The number of ether oxygens (including phenoxy) is 1. The first-order valence-electron chi connectivity index (χ1n) is 5.82. The number of nitrogens with two attached hydrogens (primary N) is 1. The van der Waals surface area contributed by atoms with Crippen molar-refractivity contribution < 1.29 is 4.74 Å². The lowest BCUT2D eigenvalue weighted by Crippen LogP contribution is -2.18. The van der Waals surface area contributed by atoms with Gasteiger partial charge in [-0.2, -0.15) is 0 Å². The molecule has 1 aliphatic heterocycles. The van der Waals surface area contributed by atoms with E-state index in [1.54, 1.807) is 11.8 Å². The fourth-order valence-electron chi connectivity index (χ4n) is 1.95. The van der Waals surface area contributed by atoms with Gasteiger partial charge in [-0.25, -0.2) is 0 Å². The highest BCUT2D eigenvalue weighted by molar-refractivity contribution is 8.00. The van der Waals surface area contributed by atoms with E-state index in [9.17, 15) is 0 Å². The van der Waals surface area contributed by atoms with Crippen LogP contribution >= 0.6 is 11.8 Å². The van der Waals surface area contributed by atoms with E-state index < -0.39 is 0 Å². The third-order valence-electron chi connectivity index (χ3n) is 2.66. The monoisotopic (exact) mass is 237 g/mol. The van der Waals surface area contributed by atoms with Crippen LogP contribution in [0.3, 0.4) is 0 Å². The third-order valence-corrected chi connectivity index (χ3v) is 3.78. The molecular weight excluding hydrogens is 218 g/mol. The van der Waals surface area contributed by atoms with Gasteiger partial charge in [-0.1, -0.05) is 23.9 Å². The summed E-state index contributed by atoms with van der Waals surface area (Å²) < 4.78 is 5.99. The molecule has 2 nitrogen and oxygen atoms in total. The van der Waals surface area contributed by atoms with Crippen LogP contribution < -0.4 is 10.5 Å². The van der Waals surface area contributed by atoms with Crippen molar-refractivity contribution in [2.24, 2.45) is 5.73 Å². The maximum absolute atomic E-state index is 5.99. The van der Waals surface area contributed by atoms with Gasteiger partial charge in [0.25, 0.3) is 0 Å². The van der Waals surface area contributed by atoms with E-state index in [-0.39, 0.29) is 4.93 Å². The first-order chi connectivity index (χ1) is 7.62. The molecule has 88 valence electrons. The Balaban J connectivity index is 2.14. The molecule has 0 saturated heterocycles. The maximum atomic E-state index is 5.99. The second-order valence-electron chi connectivity index (χ2n) is 4.59. The molecule has 16 heavy (non-hydrogen) atoms. The largest absolute Gasteiger partial charge is 0.475 e. The van der Waals surface area contributed by atoms with Gasteiger partial charge in [0, 0.05) is 0 Å². The Bertz CT molecular complexity index is 376. The number of aryl methyl sites for hydroxylation is 1. The number of hydrogen-bond donors (Lipinski definition) is 1.